The van der Waals surface area contributed by atoms with Gasteiger partial charge in [-0.15, -0.1) is 0 Å². The number of likely N-dealkylation sites (tertiary alicyclic amines) is 1. The summed E-state index contributed by atoms with van der Waals surface area (Å²) in [6, 6.07) is 6.27. The summed E-state index contributed by atoms with van der Waals surface area (Å²) in [5, 5.41) is 3.02. The fourth-order valence-electron chi connectivity index (χ4n) is 5.47. The molecule has 29 heavy (non-hydrogen) atoms. The summed E-state index contributed by atoms with van der Waals surface area (Å²) >= 11 is 0. The van der Waals surface area contributed by atoms with Gasteiger partial charge in [0.2, 0.25) is 5.91 Å². The molecule has 0 aromatic heterocycles. The molecule has 1 N–H and O–H groups in total. The minimum absolute atomic E-state index is 0.0166. The van der Waals surface area contributed by atoms with Gasteiger partial charge >= 0.3 is 0 Å². The number of hydrogen-bond acceptors (Lipinski definition) is 5. The van der Waals surface area contributed by atoms with Crippen LogP contribution >= 0.6 is 0 Å². The Morgan fingerprint density at radius 3 is 2.93 bits per heavy atom. The molecule has 4 rings (SSSR count). The molecule has 0 aliphatic carbocycles. The SMILES string of the molecule is CCOc1cc(CN2C[C@@H]3[C@H](CNC(C)=O)[C@H]4CC[C@]3(C2)O4)ccc1OC(C)C. The molecule has 0 saturated carbocycles. The van der Waals surface area contributed by atoms with Crippen molar-refractivity contribution in [2.45, 2.75) is 64.9 Å². The van der Waals surface area contributed by atoms with Crippen molar-refractivity contribution in [2.75, 3.05) is 26.2 Å². The van der Waals surface area contributed by atoms with Crippen LogP contribution in [0.4, 0.5) is 0 Å². The van der Waals surface area contributed by atoms with E-state index < -0.39 is 0 Å². The Kier molecular flexibility index (Phi) is 5.76. The van der Waals surface area contributed by atoms with Crippen LogP contribution in [-0.4, -0.2) is 54.9 Å². The highest BCUT2D eigenvalue weighted by Gasteiger charge is 2.62. The standard InChI is InChI=1S/C23H34N2O4/c1-5-27-22-10-17(6-7-21(22)28-15(2)3)12-25-13-19-18(11-24-16(4)26)20-8-9-23(19,14-25)29-20/h6-7,10,15,18-20H,5,8-9,11-14H2,1-4H3,(H,24,26)/t18-,19+,20+,23+/m0/s1. The van der Waals surface area contributed by atoms with E-state index in [1.165, 1.54) is 5.56 Å². The van der Waals surface area contributed by atoms with Crippen molar-refractivity contribution < 1.29 is 19.0 Å². The van der Waals surface area contributed by atoms with Crippen molar-refractivity contribution in [3.05, 3.63) is 23.8 Å². The van der Waals surface area contributed by atoms with E-state index in [1.807, 2.05) is 26.8 Å². The summed E-state index contributed by atoms with van der Waals surface area (Å²) in [6.07, 6.45) is 2.68. The van der Waals surface area contributed by atoms with Gasteiger partial charge < -0.3 is 19.5 Å². The lowest BCUT2D eigenvalue weighted by Gasteiger charge is -2.29. The van der Waals surface area contributed by atoms with Gasteiger partial charge in [0.25, 0.3) is 0 Å². The van der Waals surface area contributed by atoms with E-state index in [-0.39, 0.29) is 17.6 Å². The Morgan fingerprint density at radius 2 is 2.21 bits per heavy atom. The maximum Gasteiger partial charge on any atom is 0.216 e. The average Bonchev–Trinajstić information content (AvgIpc) is 3.30. The largest absolute Gasteiger partial charge is 0.490 e. The summed E-state index contributed by atoms with van der Waals surface area (Å²) in [5.74, 6) is 2.60. The smallest absolute Gasteiger partial charge is 0.216 e. The monoisotopic (exact) mass is 402 g/mol. The molecule has 1 spiro atoms. The van der Waals surface area contributed by atoms with Crippen molar-refractivity contribution >= 4 is 5.91 Å². The molecule has 4 atom stereocenters. The summed E-state index contributed by atoms with van der Waals surface area (Å²) in [7, 11) is 0. The van der Waals surface area contributed by atoms with Crippen LogP contribution in [0, 0.1) is 11.8 Å². The number of carbonyl (C=O) groups excluding carboxylic acids is 1. The molecule has 1 aromatic rings. The first-order valence-electron chi connectivity index (χ1n) is 11.0. The van der Waals surface area contributed by atoms with Crippen molar-refractivity contribution in [3.63, 3.8) is 0 Å². The summed E-state index contributed by atoms with van der Waals surface area (Å²) in [6.45, 7) is 11.9. The summed E-state index contributed by atoms with van der Waals surface area (Å²) in [4.78, 5) is 13.9. The second kappa shape index (κ2) is 8.15. The number of rotatable bonds is 8. The Bertz CT molecular complexity index is 752. The molecule has 6 heteroatoms. The van der Waals surface area contributed by atoms with Crippen LogP contribution in [0.3, 0.4) is 0 Å². The third-order valence-electron chi connectivity index (χ3n) is 6.52. The van der Waals surface area contributed by atoms with Crippen molar-refractivity contribution in [1.82, 2.24) is 10.2 Å². The predicted octanol–water partition coefficient (Wildman–Crippen LogP) is 2.99. The predicted molar refractivity (Wildman–Crippen MR) is 111 cm³/mol. The highest BCUT2D eigenvalue weighted by Crippen LogP contribution is 2.54. The molecule has 1 aromatic carbocycles. The first-order chi connectivity index (χ1) is 13.9. The highest BCUT2D eigenvalue weighted by atomic mass is 16.5. The minimum Gasteiger partial charge on any atom is -0.490 e. The molecule has 6 nitrogen and oxygen atoms in total. The van der Waals surface area contributed by atoms with Gasteiger partial charge in [0.05, 0.1) is 24.4 Å². The van der Waals surface area contributed by atoms with Gasteiger partial charge in [0.15, 0.2) is 11.5 Å². The number of nitrogens with zero attached hydrogens (tertiary/aromatic N) is 1. The molecule has 2 bridgehead atoms. The van der Waals surface area contributed by atoms with Crippen molar-refractivity contribution in [2.24, 2.45) is 11.8 Å². The molecular formula is C23H34N2O4. The first-order valence-corrected chi connectivity index (χ1v) is 11.0. The quantitative estimate of drug-likeness (QED) is 0.724. The van der Waals surface area contributed by atoms with Crippen molar-refractivity contribution in [1.29, 1.82) is 0 Å². The Hall–Kier alpha value is -1.79. The minimum atomic E-state index is -0.0166. The van der Waals surface area contributed by atoms with E-state index in [0.717, 1.165) is 50.5 Å². The average molecular weight is 403 g/mol. The summed E-state index contributed by atoms with van der Waals surface area (Å²) < 4.78 is 18.2. The Balaban J connectivity index is 1.44. The molecule has 0 unspecified atom stereocenters. The summed E-state index contributed by atoms with van der Waals surface area (Å²) in [5.41, 5.74) is 1.21. The number of fused-ring (bicyclic) bond motifs is 1. The van der Waals surface area contributed by atoms with Gasteiger partial charge in [-0.05, 0) is 51.3 Å². The van der Waals surface area contributed by atoms with Crippen LogP contribution in [0.2, 0.25) is 0 Å². The van der Waals surface area contributed by atoms with E-state index in [2.05, 4.69) is 22.3 Å². The van der Waals surface area contributed by atoms with E-state index in [1.54, 1.807) is 6.92 Å². The number of nitrogens with one attached hydrogen (secondary N) is 1. The van der Waals surface area contributed by atoms with Crippen molar-refractivity contribution in [3.8, 4) is 11.5 Å². The fourth-order valence-corrected chi connectivity index (χ4v) is 5.47. The third kappa shape index (κ3) is 4.10. The lowest BCUT2D eigenvalue weighted by Crippen LogP contribution is -2.41. The topological polar surface area (TPSA) is 60.0 Å². The zero-order valence-corrected chi connectivity index (χ0v) is 18.1. The molecule has 3 aliphatic heterocycles. The lowest BCUT2D eigenvalue weighted by atomic mass is 9.73. The molecule has 1 amide bonds. The lowest BCUT2D eigenvalue weighted by molar-refractivity contribution is -0.119. The Morgan fingerprint density at radius 1 is 1.38 bits per heavy atom. The number of carbonyl (C=O) groups is 1. The molecule has 160 valence electrons. The van der Waals surface area contributed by atoms with Gasteiger partial charge in [0, 0.05) is 44.9 Å². The first kappa shape index (κ1) is 20.5. The Labute approximate surface area is 173 Å². The van der Waals surface area contributed by atoms with Gasteiger partial charge in [-0.2, -0.15) is 0 Å². The van der Waals surface area contributed by atoms with Gasteiger partial charge in [0.1, 0.15) is 0 Å². The van der Waals surface area contributed by atoms with E-state index in [9.17, 15) is 4.79 Å². The maximum absolute atomic E-state index is 11.4. The fraction of sp³-hybridized carbons (Fsp3) is 0.696. The van der Waals surface area contributed by atoms with Gasteiger partial charge in [-0.25, -0.2) is 0 Å². The molecular weight excluding hydrogens is 368 g/mol. The maximum atomic E-state index is 11.4. The van der Waals surface area contributed by atoms with Crippen LogP contribution in [0.1, 0.15) is 46.1 Å². The van der Waals surface area contributed by atoms with Crippen LogP contribution < -0.4 is 14.8 Å². The van der Waals surface area contributed by atoms with Crippen LogP contribution in [0.5, 0.6) is 11.5 Å². The molecule has 3 aliphatic rings. The van der Waals surface area contributed by atoms with E-state index in [0.29, 0.717) is 24.5 Å². The van der Waals surface area contributed by atoms with Crippen LogP contribution in [-0.2, 0) is 16.1 Å². The van der Waals surface area contributed by atoms with Crippen LogP contribution in [0.25, 0.3) is 0 Å². The number of hydrogen-bond donors (Lipinski definition) is 1. The second-order valence-corrected chi connectivity index (χ2v) is 9.02. The molecule has 3 heterocycles. The zero-order chi connectivity index (χ0) is 20.6. The third-order valence-corrected chi connectivity index (χ3v) is 6.52. The van der Waals surface area contributed by atoms with Gasteiger partial charge in [-0.3, -0.25) is 9.69 Å². The zero-order valence-electron chi connectivity index (χ0n) is 18.1. The second-order valence-electron chi connectivity index (χ2n) is 9.02. The number of ether oxygens (including phenoxy) is 3. The highest BCUT2D eigenvalue weighted by molar-refractivity contribution is 5.72. The number of amides is 1. The van der Waals surface area contributed by atoms with E-state index in [4.69, 9.17) is 14.2 Å². The van der Waals surface area contributed by atoms with Crippen LogP contribution in [0.15, 0.2) is 18.2 Å². The van der Waals surface area contributed by atoms with Gasteiger partial charge in [-0.1, -0.05) is 6.07 Å². The molecule has 3 saturated heterocycles. The molecule has 0 radical (unpaired) electrons. The normalized spacial score (nSPS) is 30.6. The number of benzene rings is 1. The molecule has 3 fully saturated rings. The van der Waals surface area contributed by atoms with E-state index >= 15 is 0 Å².